The van der Waals surface area contributed by atoms with Crippen molar-refractivity contribution in [3.63, 3.8) is 0 Å². The van der Waals surface area contributed by atoms with Gasteiger partial charge in [0, 0.05) is 6.61 Å². The number of fused-ring (bicyclic) bond motifs is 1. The van der Waals surface area contributed by atoms with E-state index >= 15 is 0 Å². The van der Waals surface area contributed by atoms with E-state index in [4.69, 9.17) is 5.11 Å². The van der Waals surface area contributed by atoms with Gasteiger partial charge in [-0.1, -0.05) is 6.42 Å². The highest BCUT2D eigenvalue weighted by Crippen LogP contribution is 2.56. The molecule has 0 amide bonds. The maximum absolute atomic E-state index is 8.71. The second kappa shape index (κ2) is 1.47. The molecule has 1 heteroatoms. The summed E-state index contributed by atoms with van der Waals surface area (Å²) in [5.41, 5.74) is 0. The smallest absolute Gasteiger partial charge is 0.0464 e. The van der Waals surface area contributed by atoms with Crippen LogP contribution >= 0.6 is 0 Å². The second-order valence-electron chi connectivity index (χ2n) is 3.11. The molecular weight excluding hydrogens is 100 g/mol. The summed E-state index contributed by atoms with van der Waals surface area (Å²) < 4.78 is 0. The Morgan fingerprint density at radius 2 is 1.88 bits per heavy atom. The number of hydrogen-bond donors (Lipinski definition) is 1. The summed E-state index contributed by atoms with van der Waals surface area (Å²) >= 11 is 0. The van der Waals surface area contributed by atoms with Crippen molar-refractivity contribution in [2.45, 2.75) is 19.3 Å². The third-order valence-corrected chi connectivity index (χ3v) is 2.79. The Hall–Kier alpha value is -0.0400. The molecule has 2 saturated carbocycles. The molecule has 0 aromatic carbocycles. The first-order valence-corrected chi connectivity index (χ1v) is 3.54. The lowest BCUT2D eigenvalue weighted by Gasteiger charge is -1.94. The summed E-state index contributed by atoms with van der Waals surface area (Å²) in [5, 5.41) is 8.71. The normalized spacial score (nSPS) is 51.4. The fourth-order valence-corrected chi connectivity index (χ4v) is 2.24. The van der Waals surface area contributed by atoms with Crippen LogP contribution in [0.1, 0.15) is 19.3 Å². The van der Waals surface area contributed by atoms with Gasteiger partial charge in [-0.05, 0) is 30.6 Å². The third-order valence-electron chi connectivity index (χ3n) is 2.79. The van der Waals surface area contributed by atoms with E-state index in [-0.39, 0.29) is 0 Å². The third kappa shape index (κ3) is 0.455. The van der Waals surface area contributed by atoms with Crippen molar-refractivity contribution in [2.75, 3.05) is 6.61 Å². The first-order chi connectivity index (χ1) is 3.93. The van der Waals surface area contributed by atoms with Crippen molar-refractivity contribution < 1.29 is 5.11 Å². The van der Waals surface area contributed by atoms with E-state index in [1.54, 1.807) is 0 Å². The first-order valence-electron chi connectivity index (χ1n) is 3.54. The zero-order valence-corrected chi connectivity index (χ0v) is 5.01. The molecule has 2 aliphatic carbocycles. The van der Waals surface area contributed by atoms with E-state index in [9.17, 15) is 0 Å². The molecule has 2 aliphatic rings. The molecule has 2 fully saturated rings. The van der Waals surface area contributed by atoms with Crippen LogP contribution in [-0.4, -0.2) is 11.7 Å². The van der Waals surface area contributed by atoms with Gasteiger partial charge in [-0.3, -0.25) is 0 Å². The van der Waals surface area contributed by atoms with Gasteiger partial charge in [-0.25, -0.2) is 0 Å². The summed E-state index contributed by atoms with van der Waals surface area (Å²) in [6.45, 7) is 0.454. The molecule has 2 rings (SSSR count). The van der Waals surface area contributed by atoms with Crippen LogP contribution in [0, 0.1) is 17.8 Å². The van der Waals surface area contributed by atoms with Crippen LogP contribution in [0.15, 0.2) is 0 Å². The quantitative estimate of drug-likeness (QED) is 0.537. The Labute approximate surface area is 49.7 Å². The van der Waals surface area contributed by atoms with E-state index in [2.05, 4.69) is 0 Å². The summed E-state index contributed by atoms with van der Waals surface area (Å²) in [4.78, 5) is 0. The van der Waals surface area contributed by atoms with E-state index < -0.39 is 0 Å². The standard InChI is InChI=1S/C7H12O/c8-4-7-5-2-1-3-6(5)7/h5-8H,1-4H2/t5-,6-/m1/s1. The van der Waals surface area contributed by atoms with Crippen molar-refractivity contribution in [3.05, 3.63) is 0 Å². The first kappa shape index (κ1) is 4.80. The Balaban J connectivity index is 1.94. The maximum atomic E-state index is 8.71. The van der Waals surface area contributed by atoms with Crippen molar-refractivity contribution in [3.8, 4) is 0 Å². The molecule has 2 atom stereocenters. The molecule has 0 aliphatic heterocycles. The minimum Gasteiger partial charge on any atom is -0.396 e. The molecule has 8 heavy (non-hydrogen) atoms. The molecule has 0 saturated heterocycles. The minimum atomic E-state index is 0.454. The molecule has 0 aromatic heterocycles. The van der Waals surface area contributed by atoms with Gasteiger partial charge in [0.05, 0.1) is 0 Å². The van der Waals surface area contributed by atoms with Crippen LogP contribution in [0.25, 0.3) is 0 Å². The Morgan fingerprint density at radius 1 is 1.25 bits per heavy atom. The van der Waals surface area contributed by atoms with E-state index in [1.165, 1.54) is 19.3 Å². The zero-order chi connectivity index (χ0) is 5.56. The van der Waals surface area contributed by atoms with Gasteiger partial charge in [-0.2, -0.15) is 0 Å². The molecule has 0 radical (unpaired) electrons. The lowest BCUT2D eigenvalue weighted by Crippen LogP contribution is -1.91. The zero-order valence-electron chi connectivity index (χ0n) is 5.01. The van der Waals surface area contributed by atoms with Gasteiger partial charge >= 0.3 is 0 Å². The number of hydrogen-bond acceptors (Lipinski definition) is 1. The maximum Gasteiger partial charge on any atom is 0.0464 e. The topological polar surface area (TPSA) is 20.2 Å². The van der Waals surface area contributed by atoms with E-state index in [0.717, 1.165) is 17.8 Å². The van der Waals surface area contributed by atoms with Gasteiger partial charge in [0.2, 0.25) is 0 Å². The van der Waals surface area contributed by atoms with Gasteiger partial charge < -0.3 is 5.11 Å². The fraction of sp³-hybridized carbons (Fsp3) is 1.00. The van der Waals surface area contributed by atoms with Crippen molar-refractivity contribution in [1.82, 2.24) is 0 Å². The molecule has 0 unspecified atom stereocenters. The summed E-state index contributed by atoms with van der Waals surface area (Å²) in [6.07, 6.45) is 4.22. The van der Waals surface area contributed by atoms with E-state index in [0.29, 0.717) is 6.61 Å². The van der Waals surface area contributed by atoms with Crippen LogP contribution in [0.2, 0.25) is 0 Å². The van der Waals surface area contributed by atoms with Crippen molar-refractivity contribution in [1.29, 1.82) is 0 Å². The largest absolute Gasteiger partial charge is 0.396 e. The van der Waals surface area contributed by atoms with Crippen LogP contribution in [-0.2, 0) is 0 Å². The van der Waals surface area contributed by atoms with Gasteiger partial charge in [0.1, 0.15) is 0 Å². The highest BCUT2D eigenvalue weighted by Gasteiger charge is 2.51. The van der Waals surface area contributed by atoms with Crippen LogP contribution in [0.5, 0.6) is 0 Å². The van der Waals surface area contributed by atoms with Crippen LogP contribution in [0.4, 0.5) is 0 Å². The van der Waals surface area contributed by atoms with Gasteiger partial charge in [0.15, 0.2) is 0 Å². The molecule has 0 heterocycles. The minimum absolute atomic E-state index is 0.454. The summed E-state index contributed by atoms with van der Waals surface area (Å²) in [6, 6.07) is 0. The average Bonchev–Trinajstić information content (AvgIpc) is 2.22. The molecule has 1 nitrogen and oxygen atoms in total. The summed E-state index contributed by atoms with van der Waals surface area (Å²) in [5.74, 6) is 2.61. The highest BCUT2D eigenvalue weighted by atomic mass is 16.3. The monoisotopic (exact) mass is 112 g/mol. The van der Waals surface area contributed by atoms with Crippen molar-refractivity contribution in [2.24, 2.45) is 17.8 Å². The van der Waals surface area contributed by atoms with Crippen LogP contribution in [0.3, 0.4) is 0 Å². The fourth-order valence-electron chi connectivity index (χ4n) is 2.24. The van der Waals surface area contributed by atoms with Gasteiger partial charge in [-0.15, -0.1) is 0 Å². The molecule has 0 aromatic rings. The molecule has 0 spiro atoms. The second-order valence-corrected chi connectivity index (χ2v) is 3.11. The number of aliphatic hydroxyl groups is 1. The van der Waals surface area contributed by atoms with E-state index in [1.807, 2.05) is 0 Å². The lowest BCUT2D eigenvalue weighted by atomic mass is 10.2. The molecule has 1 N–H and O–H groups in total. The Bertz CT molecular complexity index is 83.8. The average molecular weight is 112 g/mol. The Kier molecular flexibility index (Phi) is 0.884. The summed E-state index contributed by atoms with van der Waals surface area (Å²) in [7, 11) is 0. The molecule has 0 bridgehead atoms. The predicted molar refractivity (Wildman–Crippen MR) is 31.4 cm³/mol. The number of aliphatic hydroxyl groups excluding tert-OH is 1. The predicted octanol–water partition coefficient (Wildman–Crippen LogP) is 1.02. The SMILES string of the molecule is OCC1[C@@H]2CCC[C@@H]12. The molecular formula is C7H12O. The van der Waals surface area contributed by atoms with Crippen LogP contribution < -0.4 is 0 Å². The molecule has 46 valence electrons. The lowest BCUT2D eigenvalue weighted by molar-refractivity contribution is 0.256. The highest BCUT2D eigenvalue weighted by molar-refractivity contribution is 5.00. The Morgan fingerprint density at radius 3 is 2.25 bits per heavy atom. The van der Waals surface area contributed by atoms with Crippen molar-refractivity contribution >= 4 is 0 Å². The number of rotatable bonds is 1. The van der Waals surface area contributed by atoms with Gasteiger partial charge in [0.25, 0.3) is 0 Å².